The van der Waals surface area contributed by atoms with Gasteiger partial charge in [0.2, 0.25) is 0 Å². The highest BCUT2D eigenvalue weighted by Crippen LogP contribution is 2.32. The Labute approximate surface area is 117 Å². The molecule has 5 heteroatoms. The first-order chi connectivity index (χ1) is 8.79. The first-order valence-electron chi connectivity index (χ1n) is 6.18. The average Bonchev–Trinajstić information content (AvgIpc) is 2.64. The summed E-state index contributed by atoms with van der Waals surface area (Å²) >= 11 is 1.41. The van der Waals surface area contributed by atoms with E-state index in [1.54, 1.807) is 11.1 Å². The number of carbonyl (C=O) groups excluding carboxylic acids is 1. The fraction of sp³-hybridized carbons (Fsp3) is 0.429. The number of fused-ring (bicyclic) bond motifs is 1. The van der Waals surface area contributed by atoms with Crippen LogP contribution in [0.2, 0.25) is 0 Å². The van der Waals surface area contributed by atoms with Crippen molar-refractivity contribution >= 4 is 33.1 Å². The third-order valence-corrected chi connectivity index (χ3v) is 3.88. The molecule has 2 heterocycles. The number of pyridine rings is 1. The molecule has 2 N–H and O–H groups in total. The monoisotopic (exact) mass is 277 g/mol. The summed E-state index contributed by atoms with van der Waals surface area (Å²) in [5.74, 6) is -0.0320. The summed E-state index contributed by atoms with van der Waals surface area (Å²) in [6.07, 6.45) is 1.69. The van der Waals surface area contributed by atoms with Crippen LogP contribution in [0.5, 0.6) is 0 Å². The fourth-order valence-corrected chi connectivity index (χ4v) is 3.14. The molecule has 0 aromatic carbocycles. The summed E-state index contributed by atoms with van der Waals surface area (Å²) < 4.78 is 0.951. The topological polar surface area (TPSA) is 59.2 Å². The van der Waals surface area contributed by atoms with Crippen LogP contribution in [-0.2, 0) is 0 Å². The number of thiophene rings is 1. The molecular weight excluding hydrogens is 258 g/mol. The molecule has 0 fully saturated rings. The van der Waals surface area contributed by atoms with Crippen LogP contribution in [0.15, 0.2) is 18.3 Å². The number of aromatic nitrogens is 1. The summed E-state index contributed by atoms with van der Waals surface area (Å²) in [4.78, 5) is 19.0. The van der Waals surface area contributed by atoms with E-state index in [9.17, 15) is 4.79 Å². The molecular formula is C14H19N3OS. The van der Waals surface area contributed by atoms with Gasteiger partial charge in [-0.15, -0.1) is 11.3 Å². The molecule has 0 saturated heterocycles. The predicted octanol–water partition coefficient (Wildman–Crippen LogP) is 3.00. The molecule has 0 saturated carbocycles. The molecule has 0 unspecified atom stereocenters. The minimum absolute atomic E-state index is 0.0320. The lowest BCUT2D eigenvalue weighted by molar-refractivity contribution is 0.0751. The van der Waals surface area contributed by atoms with E-state index in [1.807, 2.05) is 19.2 Å². The van der Waals surface area contributed by atoms with Crippen molar-refractivity contribution in [3.63, 3.8) is 0 Å². The molecule has 4 nitrogen and oxygen atoms in total. The number of nitrogens with zero attached hydrogens (tertiary/aromatic N) is 2. The van der Waals surface area contributed by atoms with Gasteiger partial charge in [0.05, 0.1) is 10.4 Å². The molecule has 0 atom stereocenters. The van der Waals surface area contributed by atoms with E-state index >= 15 is 0 Å². The summed E-state index contributed by atoms with van der Waals surface area (Å²) in [6.45, 7) is 7.00. The second-order valence-electron chi connectivity index (χ2n) is 5.92. The lowest BCUT2D eigenvalue weighted by Crippen LogP contribution is -2.34. The highest BCUT2D eigenvalue weighted by Gasteiger charge is 2.23. The number of nitrogen functional groups attached to an aromatic ring is 1. The number of rotatable bonds is 2. The van der Waals surface area contributed by atoms with Crippen LogP contribution in [-0.4, -0.2) is 29.4 Å². The Kier molecular flexibility index (Phi) is 3.49. The lowest BCUT2D eigenvalue weighted by Gasteiger charge is -2.26. The number of hydrogen-bond donors (Lipinski definition) is 1. The number of carbonyl (C=O) groups is 1. The highest BCUT2D eigenvalue weighted by atomic mass is 32.1. The molecule has 2 aromatic rings. The van der Waals surface area contributed by atoms with Gasteiger partial charge in [0.15, 0.2) is 0 Å². The van der Waals surface area contributed by atoms with Crippen LogP contribution in [0.25, 0.3) is 10.2 Å². The molecule has 102 valence electrons. The number of amides is 1. The van der Waals surface area contributed by atoms with Gasteiger partial charge in [0.1, 0.15) is 10.4 Å². The molecule has 19 heavy (non-hydrogen) atoms. The van der Waals surface area contributed by atoms with Crippen LogP contribution in [0.3, 0.4) is 0 Å². The van der Waals surface area contributed by atoms with Gasteiger partial charge in [-0.05, 0) is 17.5 Å². The molecule has 2 rings (SSSR count). The fourth-order valence-electron chi connectivity index (χ4n) is 2.06. The zero-order valence-corrected chi connectivity index (χ0v) is 12.5. The molecule has 0 radical (unpaired) electrons. The third-order valence-electron chi connectivity index (χ3n) is 2.73. The van der Waals surface area contributed by atoms with Crippen molar-refractivity contribution in [3.8, 4) is 0 Å². The van der Waals surface area contributed by atoms with Crippen molar-refractivity contribution in [2.75, 3.05) is 19.3 Å². The largest absolute Gasteiger partial charge is 0.396 e. The zero-order chi connectivity index (χ0) is 14.2. The molecule has 0 aliphatic heterocycles. The van der Waals surface area contributed by atoms with Crippen molar-refractivity contribution in [2.24, 2.45) is 5.41 Å². The number of nitrogens with two attached hydrogens (primary N) is 1. The van der Waals surface area contributed by atoms with E-state index in [0.717, 1.165) is 10.2 Å². The Bertz CT molecular complexity index is 613. The Morgan fingerprint density at radius 2 is 2.16 bits per heavy atom. The lowest BCUT2D eigenvalue weighted by atomic mass is 9.96. The minimum Gasteiger partial charge on any atom is -0.396 e. The smallest absolute Gasteiger partial charge is 0.265 e. The molecule has 0 aliphatic carbocycles. The van der Waals surface area contributed by atoms with E-state index in [0.29, 0.717) is 17.1 Å². The van der Waals surface area contributed by atoms with E-state index < -0.39 is 0 Å². The van der Waals surface area contributed by atoms with Crippen LogP contribution >= 0.6 is 11.3 Å². The summed E-state index contributed by atoms with van der Waals surface area (Å²) in [6, 6.07) is 3.79. The first kappa shape index (κ1) is 13.8. The Morgan fingerprint density at radius 3 is 2.74 bits per heavy atom. The number of hydrogen-bond acceptors (Lipinski definition) is 4. The zero-order valence-electron chi connectivity index (χ0n) is 11.7. The standard InChI is InChI=1S/C14H19N3OS/c1-14(2,3)8-17(4)13(18)12-10(15)11-9(19-12)6-5-7-16-11/h5-7H,8,15H2,1-4H3. The quantitative estimate of drug-likeness (QED) is 0.918. The van der Waals surface area contributed by atoms with Gasteiger partial charge in [-0.25, -0.2) is 0 Å². The van der Waals surface area contributed by atoms with Crippen molar-refractivity contribution in [2.45, 2.75) is 20.8 Å². The Morgan fingerprint density at radius 1 is 1.47 bits per heavy atom. The van der Waals surface area contributed by atoms with Gasteiger partial charge in [0.25, 0.3) is 5.91 Å². The normalized spacial score (nSPS) is 11.8. The SMILES string of the molecule is CN(CC(C)(C)C)C(=O)c1sc2cccnc2c1N. The van der Waals surface area contributed by atoms with E-state index in [1.165, 1.54) is 11.3 Å². The Hall–Kier alpha value is -1.62. The minimum atomic E-state index is -0.0320. The molecule has 0 spiro atoms. The maximum absolute atomic E-state index is 12.4. The second-order valence-corrected chi connectivity index (χ2v) is 6.97. The van der Waals surface area contributed by atoms with Gasteiger partial charge >= 0.3 is 0 Å². The maximum Gasteiger partial charge on any atom is 0.265 e. The van der Waals surface area contributed by atoms with Crippen LogP contribution in [0.1, 0.15) is 30.4 Å². The summed E-state index contributed by atoms with van der Waals surface area (Å²) in [7, 11) is 1.81. The van der Waals surface area contributed by atoms with Crippen molar-refractivity contribution in [3.05, 3.63) is 23.2 Å². The number of anilines is 1. The molecule has 0 aliphatic rings. The van der Waals surface area contributed by atoms with Gasteiger partial charge in [0, 0.05) is 19.8 Å². The molecule has 1 amide bonds. The maximum atomic E-state index is 12.4. The predicted molar refractivity (Wildman–Crippen MR) is 80.4 cm³/mol. The van der Waals surface area contributed by atoms with Crippen LogP contribution < -0.4 is 5.73 Å². The first-order valence-corrected chi connectivity index (χ1v) is 7.00. The van der Waals surface area contributed by atoms with E-state index in [-0.39, 0.29) is 11.3 Å². The van der Waals surface area contributed by atoms with Gasteiger partial charge < -0.3 is 10.6 Å². The van der Waals surface area contributed by atoms with Crippen LogP contribution in [0, 0.1) is 5.41 Å². The van der Waals surface area contributed by atoms with Gasteiger partial charge in [-0.1, -0.05) is 20.8 Å². The third kappa shape index (κ3) is 2.87. The van der Waals surface area contributed by atoms with E-state index in [2.05, 4.69) is 25.8 Å². The second kappa shape index (κ2) is 4.81. The summed E-state index contributed by atoms with van der Waals surface area (Å²) in [5, 5.41) is 0. The van der Waals surface area contributed by atoms with Crippen molar-refractivity contribution < 1.29 is 4.79 Å². The van der Waals surface area contributed by atoms with Gasteiger partial charge in [-0.2, -0.15) is 0 Å². The van der Waals surface area contributed by atoms with Crippen LogP contribution in [0.4, 0.5) is 5.69 Å². The molecule has 2 aromatic heterocycles. The van der Waals surface area contributed by atoms with Gasteiger partial charge in [-0.3, -0.25) is 9.78 Å². The summed E-state index contributed by atoms with van der Waals surface area (Å²) in [5.41, 5.74) is 7.32. The molecule has 0 bridgehead atoms. The highest BCUT2D eigenvalue weighted by molar-refractivity contribution is 7.21. The van der Waals surface area contributed by atoms with Crippen molar-refractivity contribution in [1.82, 2.24) is 9.88 Å². The average molecular weight is 277 g/mol. The Balaban J connectivity index is 2.34. The van der Waals surface area contributed by atoms with Crippen molar-refractivity contribution in [1.29, 1.82) is 0 Å². The van der Waals surface area contributed by atoms with E-state index in [4.69, 9.17) is 5.73 Å².